The number of aryl methyl sites for hydroxylation is 2. The van der Waals surface area contributed by atoms with Crippen LogP contribution >= 0.6 is 23.2 Å². The number of methoxy groups -OCH3 is 2. The molecule has 4 fully saturated rings. The highest BCUT2D eigenvalue weighted by Crippen LogP contribution is 2.50. The first-order valence-corrected chi connectivity index (χ1v) is 34.9. The van der Waals surface area contributed by atoms with Crippen molar-refractivity contribution in [2.24, 2.45) is 23.7 Å². The van der Waals surface area contributed by atoms with E-state index in [1.165, 1.54) is 47.6 Å². The summed E-state index contributed by atoms with van der Waals surface area (Å²) in [5.74, 6) is 2.68. The normalized spacial score (nSPS) is 26.4. The van der Waals surface area contributed by atoms with Crippen molar-refractivity contribution < 1.29 is 57.1 Å². The van der Waals surface area contributed by atoms with E-state index in [2.05, 4.69) is 46.2 Å². The van der Waals surface area contributed by atoms with Crippen LogP contribution in [0.25, 0.3) is 0 Å². The molecule has 16 nitrogen and oxygen atoms in total. The molecule has 8 aliphatic rings. The summed E-state index contributed by atoms with van der Waals surface area (Å²) in [4.78, 5) is 58.4. The van der Waals surface area contributed by atoms with Crippen molar-refractivity contribution in [3.63, 3.8) is 0 Å². The molecular formula is C76H98Cl2N4O12. The summed E-state index contributed by atoms with van der Waals surface area (Å²) in [6.45, 7) is 18.2. The van der Waals surface area contributed by atoms with Crippen LogP contribution in [-0.4, -0.2) is 151 Å². The number of nitrogens with zero attached hydrogens (tertiary/aromatic N) is 4. The molecule has 0 unspecified atom stereocenters. The van der Waals surface area contributed by atoms with E-state index in [1.54, 1.807) is 36.0 Å². The van der Waals surface area contributed by atoms with Crippen molar-refractivity contribution in [3.05, 3.63) is 140 Å². The largest absolute Gasteiger partial charge is 0.490 e. The summed E-state index contributed by atoms with van der Waals surface area (Å²) < 4.78 is 47.3. The number of carbonyl (C=O) groups is 4. The van der Waals surface area contributed by atoms with Crippen LogP contribution in [0.1, 0.15) is 162 Å². The summed E-state index contributed by atoms with van der Waals surface area (Å²) in [5.41, 5.74) is 9.51. The Labute approximate surface area is 566 Å². The van der Waals surface area contributed by atoms with Gasteiger partial charge in [0.15, 0.2) is 0 Å². The zero-order chi connectivity index (χ0) is 66.7. The van der Waals surface area contributed by atoms with Crippen molar-refractivity contribution in [2.75, 3.05) is 104 Å². The summed E-state index contributed by atoms with van der Waals surface area (Å²) in [5, 5.41) is 1.54. The smallest absolute Gasteiger partial charge is 0.410 e. The molecule has 18 heteroatoms. The highest BCUT2D eigenvalue weighted by Gasteiger charge is 2.48. The number of amides is 2. The number of anilines is 2. The van der Waals surface area contributed by atoms with Gasteiger partial charge in [0.2, 0.25) is 0 Å². The lowest BCUT2D eigenvalue weighted by molar-refractivity contribution is -0.0533. The fraction of sp³-hybridized carbons (Fsp3) is 0.579. The first-order chi connectivity index (χ1) is 44.9. The van der Waals surface area contributed by atoms with Gasteiger partial charge in [-0.3, -0.25) is 0 Å². The topological polar surface area (TPSA) is 155 Å². The second-order valence-electron chi connectivity index (χ2n) is 29.7. The Balaban J connectivity index is 0.000000192. The second-order valence-corrected chi connectivity index (χ2v) is 30.6. The lowest BCUT2D eigenvalue weighted by Gasteiger charge is -2.47. The Bertz CT molecular complexity index is 3260. The molecule has 2 amide bonds. The second kappa shape index (κ2) is 29.1. The number of rotatable bonds is 12. The Morgan fingerprint density at radius 1 is 0.574 bits per heavy atom. The zero-order valence-electron chi connectivity index (χ0n) is 57.0. The van der Waals surface area contributed by atoms with Gasteiger partial charge in [0.1, 0.15) is 22.7 Å². The van der Waals surface area contributed by atoms with Crippen LogP contribution in [0.3, 0.4) is 0 Å². The molecule has 2 saturated heterocycles. The third kappa shape index (κ3) is 16.0. The maximum atomic E-state index is 12.6. The number of esters is 2. The van der Waals surface area contributed by atoms with E-state index in [0.717, 1.165) is 149 Å². The Morgan fingerprint density at radius 2 is 0.989 bits per heavy atom. The van der Waals surface area contributed by atoms with E-state index in [-0.39, 0.29) is 47.2 Å². The van der Waals surface area contributed by atoms with Crippen molar-refractivity contribution in [1.29, 1.82) is 0 Å². The molecule has 2 saturated carbocycles. The standard InChI is InChI=1S/2C38H49ClN2O6/c2*1-37(2,3)47-36(43)40(4)17-14-25-15-18-45-34(19-25)30-11-8-28(30)22-41-23-38(16-6-7-26-20-29(39)10-12-31(26)38)24-46-33-13-9-27(21-32(33)41)35(42)44-5/h2*9-10,12-14,20-21,28,30,34H,6-8,11,15-19,22-24H2,1-5H3/b25-14+;25-14-/t2*28-,30+,34-,38-/m00/s1. The van der Waals surface area contributed by atoms with Crippen molar-refractivity contribution in [2.45, 2.75) is 166 Å². The quantitative estimate of drug-likeness (QED) is 0.0750. The summed E-state index contributed by atoms with van der Waals surface area (Å²) in [6, 6.07) is 24.0. The molecule has 508 valence electrons. The molecule has 4 aromatic carbocycles. The highest BCUT2D eigenvalue weighted by molar-refractivity contribution is 6.31. The highest BCUT2D eigenvalue weighted by atomic mass is 35.5. The molecular weight excluding hydrogens is 1230 g/mol. The van der Waals surface area contributed by atoms with Gasteiger partial charge >= 0.3 is 24.1 Å². The fourth-order valence-corrected chi connectivity index (χ4v) is 16.1. The first kappa shape index (κ1) is 68.9. The van der Waals surface area contributed by atoms with Crippen molar-refractivity contribution in [3.8, 4) is 11.5 Å². The number of benzene rings is 4. The van der Waals surface area contributed by atoms with Gasteiger partial charge in [-0.2, -0.15) is 0 Å². The molecule has 4 aliphatic carbocycles. The van der Waals surface area contributed by atoms with E-state index >= 15 is 0 Å². The summed E-state index contributed by atoms with van der Waals surface area (Å²) in [6.07, 6.45) is 18.4. The van der Waals surface area contributed by atoms with Crippen LogP contribution in [0.15, 0.2) is 96.1 Å². The summed E-state index contributed by atoms with van der Waals surface area (Å²) >= 11 is 12.9. The molecule has 2 spiro atoms. The molecule has 4 heterocycles. The Hall–Kier alpha value is -6.46. The number of hydrogen-bond acceptors (Lipinski definition) is 14. The molecule has 8 atom stereocenters. The van der Waals surface area contributed by atoms with Crippen LogP contribution in [0.4, 0.5) is 21.0 Å². The van der Waals surface area contributed by atoms with Crippen molar-refractivity contribution in [1.82, 2.24) is 9.80 Å². The van der Waals surface area contributed by atoms with Gasteiger partial charge in [-0.15, -0.1) is 0 Å². The number of ether oxygens (including phenoxy) is 8. The monoisotopic (exact) mass is 1330 g/mol. The predicted molar refractivity (Wildman–Crippen MR) is 367 cm³/mol. The predicted octanol–water partition coefficient (Wildman–Crippen LogP) is 15.2. The third-order valence-electron chi connectivity index (χ3n) is 20.9. The average molecular weight is 1330 g/mol. The Kier molecular flexibility index (Phi) is 21.3. The molecule has 12 rings (SSSR count). The van der Waals surface area contributed by atoms with Crippen LogP contribution in [0.5, 0.6) is 11.5 Å². The van der Waals surface area contributed by atoms with Crippen LogP contribution in [0.2, 0.25) is 10.0 Å². The van der Waals surface area contributed by atoms with Gasteiger partial charge in [0.05, 0.1) is 75.4 Å². The average Bonchev–Trinajstić information content (AvgIpc) is 1.44. The van der Waals surface area contributed by atoms with Gasteiger partial charge in [-0.1, -0.05) is 58.6 Å². The Morgan fingerprint density at radius 3 is 1.36 bits per heavy atom. The maximum absolute atomic E-state index is 12.6. The lowest BCUT2D eigenvalue weighted by atomic mass is 9.67. The minimum atomic E-state index is -0.518. The van der Waals surface area contributed by atoms with Gasteiger partial charge in [-0.25, -0.2) is 19.2 Å². The van der Waals surface area contributed by atoms with Gasteiger partial charge < -0.3 is 57.5 Å². The minimum absolute atomic E-state index is 0.149. The van der Waals surface area contributed by atoms with Gasteiger partial charge in [-0.05, 0) is 238 Å². The van der Waals surface area contributed by atoms with Crippen LogP contribution < -0.4 is 19.3 Å². The number of carbonyl (C=O) groups excluding carboxylic acids is 4. The fourth-order valence-electron chi connectivity index (χ4n) is 15.7. The number of likely N-dealkylation sites (N-methyl/N-ethyl adjacent to an activating group) is 2. The van der Waals surface area contributed by atoms with Gasteiger partial charge in [0, 0.05) is 74.2 Å². The van der Waals surface area contributed by atoms with Gasteiger partial charge in [0.25, 0.3) is 0 Å². The van der Waals surface area contributed by atoms with E-state index in [4.69, 9.17) is 61.1 Å². The maximum Gasteiger partial charge on any atom is 0.410 e. The molecule has 94 heavy (non-hydrogen) atoms. The molecule has 0 bridgehead atoms. The van der Waals surface area contributed by atoms with Crippen LogP contribution in [-0.2, 0) is 52.1 Å². The SMILES string of the molecule is COC(=O)c1ccc2c(c1)N(C[C@@H]1CC[C@H]1[C@@H]1C/C(=C/CN(C)C(=O)OC(C)(C)C)CCO1)C[C@@]1(CCCc3cc(Cl)ccc31)CO2.COC(=O)c1ccc2c(c1)N(C[C@@H]1CC[C@H]1[C@@H]1C/C(=C\CN(C)C(=O)OC(C)(C)C)CCO1)C[C@@]1(CCCc3cc(Cl)ccc31)CO2. The minimum Gasteiger partial charge on any atom is -0.490 e. The van der Waals surface area contributed by atoms with Crippen molar-refractivity contribution >= 4 is 58.7 Å². The number of halogens is 2. The van der Waals surface area contributed by atoms with E-state index < -0.39 is 11.2 Å². The number of hydrogen-bond donors (Lipinski definition) is 0. The summed E-state index contributed by atoms with van der Waals surface area (Å²) in [7, 11) is 6.40. The third-order valence-corrected chi connectivity index (χ3v) is 21.4. The number of fused-ring (bicyclic) bond motifs is 6. The van der Waals surface area contributed by atoms with E-state index in [9.17, 15) is 19.2 Å². The van der Waals surface area contributed by atoms with E-state index in [0.29, 0.717) is 74.3 Å². The molecule has 4 aliphatic heterocycles. The molecule has 0 radical (unpaired) electrons. The lowest BCUT2D eigenvalue weighted by Crippen LogP contribution is -2.50. The first-order valence-electron chi connectivity index (χ1n) is 34.1. The van der Waals surface area contributed by atoms with E-state index in [1.807, 2.05) is 77.9 Å². The molecule has 0 N–H and O–H groups in total. The zero-order valence-corrected chi connectivity index (χ0v) is 58.5. The molecule has 4 aromatic rings. The van der Waals surface area contributed by atoms with Crippen LogP contribution in [0, 0.1) is 23.7 Å². The molecule has 0 aromatic heterocycles.